The van der Waals surface area contributed by atoms with Crippen molar-refractivity contribution in [3.8, 4) is 5.75 Å². The molecule has 4 nitrogen and oxygen atoms in total. The van der Waals surface area contributed by atoms with Crippen LogP contribution >= 0.6 is 12.2 Å². The maximum Gasteiger partial charge on any atom is 0.267 e. The van der Waals surface area contributed by atoms with E-state index in [0.29, 0.717) is 16.8 Å². The third-order valence-electron chi connectivity index (χ3n) is 4.10. The molecule has 0 saturated carbocycles. The van der Waals surface area contributed by atoms with Crippen LogP contribution in [0.5, 0.6) is 5.75 Å². The van der Waals surface area contributed by atoms with Crippen molar-refractivity contribution >= 4 is 23.1 Å². The van der Waals surface area contributed by atoms with Gasteiger partial charge in [-0.15, -0.1) is 0 Å². The van der Waals surface area contributed by atoms with Gasteiger partial charge in [-0.05, 0) is 61.0 Å². The fraction of sp³-hybridized carbons (Fsp3) is 0.316. The minimum atomic E-state index is -2.64. The molecule has 0 amide bonds. The van der Waals surface area contributed by atoms with Crippen molar-refractivity contribution in [1.29, 1.82) is 0 Å². The highest BCUT2D eigenvalue weighted by Gasteiger charge is 2.17. The Labute approximate surface area is 156 Å². The van der Waals surface area contributed by atoms with E-state index in [-0.39, 0.29) is 29.7 Å². The maximum absolute atomic E-state index is 13.3. The van der Waals surface area contributed by atoms with E-state index >= 15 is 0 Å². The van der Waals surface area contributed by atoms with Crippen molar-refractivity contribution in [3.63, 3.8) is 0 Å². The summed E-state index contributed by atoms with van der Waals surface area (Å²) in [5.41, 5.74) is 3.29. The third-order valence-corrected chi connectivity index (χ3v) is 4.37. The zero-order valence-electron chi connectivity index (χ0n) is 14.8. The first kappa shape index (κ1) is 20.1. The molecule has 2 N–H and O–H groups in total. The number of alkyl halides is 2. The molecule has 0 heterocycles. The van der Waals surface area contributed by atoms with Crippen molar-refractivity contribution in [2.24, 2.45) is 0 Å². The number of nitrogens with one attached hydrogen (secondary N) is 1. The highest BCUT2D eigenvalue weighted by molar-refractivity contribution is 7.80. The van der Waals surface area contributed by atoms with Gasteiger partial charge in [-0.2, -0.15) is 0 Å². The molecule has 0 atom stereocenters. The van der Waals surface area contributed by atoms with Gasteiger partial charge in [0.2, 0.25) is 0 Å². The van der Waals surface area contributed by atoms with E-state index in [4.69, 9.17) is 21.7 Å². The standard InChI is InChI=1S/C19H21F2NO3S/c1-11-7-14(18(20)21)17(8-12(11)2)25-10-15-13(9-23)5-4-6-16(15)22-19(26)24-3/h4-8,18,23H,9-10H2,1-3H3,(H,22,26). The number of aryl methyl sites for hydroxylation is 2. The Bertz CT molecular complexity index is 797. The van der Waals surface area contributed by atoms with Crippen LogP contribution in [-0.2, 0) is 18.0 Å². The predicted octanol–water partition coefficient (Wildman–Crippen LogP) is 4.66. The Morgan fingerprint density at radius 2 is 1.92 bits per heavy atom. The summed E-state index contributed by atoms with van der Waals surface area (Å²) in [6.07, 6.45) is -2.64. The number of thiocarbonyl (C=S) groups is 1. The lowest BCUT2D eigenvalue weighted by Gasteiger charge is -2.18. The van der Waals surface area contributed by atoms with Gasteiger partial charge in [0.1, 0.15) is 12.4 Å². The number of halogens is 2. The monoisotopic (exact) mass is 381 g/mol. The first-order valence-corrected chi connectivity index (χ1v) is 8.36. The first-order valence-electron chi connectivity index (χ1n) is 7.96. The van der Waals surface area contributed by atoms with Crippen molar-refractivity contribution in [2.45, 2.75) is 33.5 Å². The Kier molecular flexibility index (Phi) is 6.88. The average Bonchev–Trinajstić information content (AvgIpc) is 2.62. The number of methoxy groups -OCH3 is 1. The zero-order valence-corrected chi connectivity index (χ0v) is 15.6. The lowest BCUT2D eigenvalue weighted by atomic mass is 10.0. The fourth-order valence-corrected chi connectivity index (χ4v) is 2.60. The third kappa shape index (κ3) is 4.68. The van der Waals surface area contributed by atoms with Gasteiger partial charge in [0, 0.05) is 11.3 Å². The van der Waals surface area contributed by atoms with E-state index < -0.39 is 6.43 Å². The number of rotatable bonds is 6. The minimum Gasteiger partial charge on any atom is -0.488 e. The summed E-state index contributed by atoms with van der Waals surface area (Å²) >= 11 is 5.00. The molecule has 0 aliphatic rings. The van der Waals surface area contributed by atoms with E-state index in [9.17, 15) is 13.9 Å². The van der Waals surface area contributed by atoms with Crippen LogP contribution in [0.3, 0.4) is 0 Å². The van der Waals surface area contributed by atoms with Crippen LogP contribution in [0.15, 0.2) is 30.3 Å². The summed E-state index contributed by atoms with van der Waals surface area (Å²) in [7, 11) is 1.44. The summed E-state index contributed by atoms with van der Waals surface area (Å²) in [6.45, 7) is 3.39. The van der Waals surface area contributed by atoms with Crippen LogP contribution < -0.4 is 10.1 Å². The highest BCUT2D eigenvalue weighted by Crippen LogP contribution is 2.33. The van der Waals surface area contributed by atoms with Gasteiger partial charge in [-0.25, -0.2) is 8.78 Å². The molecule has 0 saturated heterocycles. The molecule has 2 aromatic rings. The van der Waals surface area contributed by atoms with E-state index in [1.54, 1.807) is 31.2 Å². The highest BCUT2D eigenvalue weighted by atomic mass is 32.1. The Balaban J connectivity index is 2.35. The molecule has 2 aromatic carbocycles. The second-order valence-electron chi connectivity index (χ2n) is 5.78. The van der Waals surface area contributed by atoms with E-state index in [0.717, 1.165) is 11.1 Å². The number of hydrogen-bond donors (Lipinski definition) is 2. The number of ether oxygens (including phenoxy) is 2. The average molecular weight is 381 g/mol. The van der Waals surface area contributed by atoms with Crippen LogP contribution in [0.2, 0.25) is 0 Å². The van der Waals surface area contributed by atoms with Crippen LogP contribution in [0.1, 0.15) is 34.2 Å². The summed E-state index contributed by atoms with van der Waals surface area (Å²) in [5, 5.41) is 12.6. The molecule has 0 aliphatic heterocycles. The summed E-state index contributed by atoms with van der Waals surface area (Å²) in [4.78, 5) is 0. The molecule has 0 spiro atoms. The van der Waals surface area contributed by atoms with E-state index in [1.807, 2.05) is 6.92 Å². The van der Waals surface area contributed by atoms with E-state index in [1.165, 1.54) is 13.2 Å². The molecule has 0 radical (unpaired) electrons. The molecule has 0 aliphatic carbocycles. The van der Waals surface area contributed by atoms with Gasteiger partial charge in [-0.1, -0.05) is 12.1 Å². The van der Waals surface area contributed by atoms with Gasteiger partial charge in [0.05, 0.1) is 19.3 Å². The molecule has 7 heteroatoms. The van der Waals surface area contributed by atoms with Gasteiger partial charge >= 0.3 is 0 Å². The Hall–Kier alpha value is -2.25. The van der Waals surface area contributed by atoms with Crippen LogP contribution in [-0.4, -0.2) is 17.4 Å². The molecule has 0 unspecified atom stereocenters. The Morgan fingerprint density at radius 3 is 2.54 bits per heavy atom. The summed E-state index contributed by atoms with van der Waals surface area (Å²) < 4.78 is 37.3. The topological polar surface area (TPSA) is 50.7 Å². The minimum absolute atomic E-state index is 0.00633. The number of hydrogen-bond acceptors (Lipinski definition) is 4. The number of anilines is 1. The normalized spacial score (nSPS) is 10.7. The lowest BCUT2D eigenvalue weighted by Crippen LogP contribution is -2.14. The van der Waals surface area contributed by atoms with Gasteiger partial charge < -0.3 is 19.9 Å². The second-order valence-corrected chi connectivity index (χ2v) is 6.15. The molecule has 2 rings (SSSR count). The first-order chi connectivity index (χ1) is 12.4. The van der Waals surface area contributed by atoms with Crippen LogP contribution in [0, 0.1) is 13.8 Å². The van der Waals surface area contributed by atoms with Crippen molar-refractivity contribution < 1.29 is 23.4 Å². The largest absolute Gasteiger partial charge is 0.488 e. The number of aliphatic hydroxyl groups is 1. The molecular formula is C19H21F2NO3S. The summed E-state index contributed by atoms with van der Waals surface area (Å²) in [5.74, 6) is 0.121. The summed E-state index contributed by atoms with van der Waals surface area (Å²) in [6, 6.07) is 8.26. The van der Waals surface area contributed by atoms with Crippen molar-refractivity contribution in [1.82, 2.24) is 0 Å². The quantitative estimate of drug-likeness (QED) is 0.713. The van der Waals surface area contributed by atoms with Gasteiger partial charge in [0.25, 0.3) is 11.6 Å². The van der Waals surface area contributed by atoms with Gasteiger partial charge in [-0.3, -0.25) is 0 Å². The molecular weight excluding hydrogens is 360 g/mol. The molecule has 0 aromatic heterocycles. The smallest absolute Gasteiger partial charge is 0.267 e. The van der Waals surface area contributed by atoms with E-state index in [2.05, 4.69) is 5.32 Å². The Morgan fingerprint density at radius 1 is 1.23 bits per heavy atom. The van der Waals surface area contributed by atoms with Crippen LogP contribution in [0.4, 0.5) is 14.5 Å². The molecule has 0 bridgehead atoms. The van der Waals surface area contributed by atoms with Crippen molar-refractivity contribution in [3.05, 3.63) is 58.1 Å². The number of aliphatic hydroxyl groups excluding tert-OH is 1. The zero-order chi connectivity index (χ0) is 19.3. The predicted molar refractivity (Wildman–Crippen MR) is 101 cm³/mol. The molecule has 140 valence electrons. The number of benzene rings is 2. The second kappa shape index (κ2) is 8.91. The lowest BCUT2D eigenvalue weighted by molar-refractivity contribution is 0.144. The van der Waals surface area contributed by atoms with Gasteiger partial charge in [0.15, 0.2) is 0 Å². The SMILES string of the molecule is COC(=S)Nc1cccc(CO)c1COc1cc(C)c(C)cc1C(F)F. The molecule has 0 fully saturated rings. The van der Waals surface area contributed by atoms with Crippen molar-refractivity contribution in [2.75, 3.05) is 12.4 Å². The molecule has 26 heavy (non-hydrogen) atoms. The maximum atomic E-state index is 13.3. The fourth-order valence-electron chi connectivity index (χ4n) is 2.49. The van der Waals surface area contributed by atoms with Crippen LogP contribution in [0.25, 0.3) is 0 Å².